The maximum absolute atomic E-state index is 12.6. The topological polar surface area (TPSA) is 79.5 Å². The van der Waals surface area contributed by atoms with Crippen molar-refractivity contribution >= 4 is 17.6 Å². The molecule has 1 saturated heterocycles. The Balaban J connectivity index is 1.67. The molecule has 2 amide bonds. The zero-order valence-electron chi connectivity index (χ0n) is 14.3. The van der Waals surface area contributed by atoms with Crippen molar-refractivity contribution in [3.05, 3.63) is 59.3 Å². The first-order valence-corrected chi connectivity index (χ1v) is 8.48. The molecule has 25 heavy (non-hydrogen) atoms. The van der Waals surface area contributed by atoms with Gasteiger partial charge in [-0.3, -0.25) is 9.59 Å². The average molecular weight is 338 g/mol. The number of primary amides is 1. The number of nitrogens with zero attached hydrogens (tertiary/aromatic N) is 3. The predicted molar refractivity (Wildman–Crippen MR) is 96.7 cm³/mol. The van der Waals surface area contributed by atoms with Gasteiger partial charge in [0.05, 0.1) is 5.56 Å². The molecule has 1 aliphatic heterocycles. The second kappa shape index (κ2) is 7.34. The van der Waals surface area contributed by atoms with E-state index in [4.69, 9.17) is 5.73 Å². The average Bonchev–Trinajstić information content (AvgIpc) is 2.67. The van der Waals surface area contributed by atoms with Crippen LogP contribution >= 0.6 is 0 Å². The van der Waals surface area contributed by atoms with Crippen molar-refractivity contribution in [2.75, 3.05) is 31.1 Å². The van der Waals surface area contributed by atoms with Gasteiger partial charge in [-0.15, -0.1) is 0 Å². The smallest absolute Gasteiger partial charge is 0.253 e. The van der Waals surface area contributed by atoms with Crippen molar-refractivity contribution in [2.24, 2.45) is 5.73 Å². The molecule has 1 aliphatic rings. The van der Waals surface area contributed by atoms with Gasteiger partial charge in [-0.2, -0.15) is 0 Å². The Morgan fingerprint density at radius 3 is 2.36 bits per heavy atom. The van der Waals surface area contributed by atoms with Crippen LogP contribution in [0.2, 0.25) is 0 Å². The van der Waals surface area contributed by atoms with Crippen LogP contribution in [0.25, 0.3) is 0 Å². The minimum Gasteiger partial charge on any atom is -0.365 e. The van der Waals surface area contributed by atoms with Gasteiger partial charge < -0.3 is 15.5 Å². The van der Waals surface area contributed by atoms with E-state index < -0.39 is 5.91 Å². The summed E-state index contributed by atoms with van der Waals surface area (Å²) in [7, 11) is 0. The molecule has 0 unspecified atom stereocenters. The third-order valence-electron chi connectivity index (χ3n) is 4.53. The first kappa shape index (κ1) is 17.0. The summed E-state index contributed by atoms with van der Waals surface area (Å²) < 4.78 is 0. The molecule has 1 aromatic heterocycles. The lowest BCUT2D eigenvalue weighted by atomic mass is 10.1. The number of aromatic nitrogens is 1. The number of rotatable bonds is 4. The van der Waals surface area contributed by atoms with Crippen LogP contribution in [0.15, 0.2) is 42.6 Å². The largest absolute Gasteiger partial charge is 0.365 e. The Bertz CT molecular complexity index is 765. The highest BCUT2D eigenvalue weighted by Crippen LogP contribution is 2.19. The number of carbonyl (C=O) groups excluding carboxylic acids is 2. The molecule has 1 aromatic carbocycles. The summed E-state index contributed by atoms with van der Waals surface area (Å²) in [5, 5.41) is 0. The van der Waals surface area contributed by atoms with Crippen LogP contribution in [0.3, 0.4) is 0 Å². The van der Waals surface area contributed by atoms with E-state index in [0.29, 0.717) is 43.1 Å². The summed E-state index contributed by atoms with van der Waals surface area (Å²) in [6.07, 6.45) is 2.61. The number of nitrogens with two attached hydrogens (primary N) is 1. The highest BCUT2D eigenvalue weighted by atomic mass is 16.2. The van der Waals surface area contributed by atoms with Crippen molar-refractivity contribution in [3.8, 4) is 0 Å². The Morgan fingerprint density at radius 1 is 1.08 bits per heavy atom. The third kappa shape index (κ3) is 3.63. The van der Waals surface area contributed by atoms with E-state index in [1.807, 2.05) is 34.1 Å². The maximum Gasteiger partial charge on any atom is 0.253 e. The van der Waals surface area contributed by atoms with Crippen LogP contribution < -0.4 is 10.6 Å². The summed E-state index contributed by atoms with van der Waals surface area (Å²) in [5.74, 6) is 0.144. The van der Waals surface area contributed by atoms with Gasteiger partial charge in [0.25, 0.3) is 11.8 Å². The van der Waals surface area contributed by atoms with Gasteiger partial charge in [-0.05, 0) is 36.2 Å². The Kier molecular flexibility index (Phi) is 4.97. The van der Waals surface area contributed by atoms with Crippen molar-refractivity contribution in [3.63, 3.8) is 0 Å². The van der Waals surface area contributed by atoms with Crippen LogP contribution in [0.1, 0.15) is 33.2 Å². The van der Waals surface area contributed by atoms with Crippen molar-refractivity contribution in [1.82, 2.24) is 9.88 Å². The zero-order valence-corrected chi connectivity index (χ0v) is 14.3. The van der Waals surface area contributed by atoms with Gasteiger partial charge in [-0.25, -0.2) is 4.98 Å². The zero-order chi connectivity index (χ0) is 17.8. The fourth-order valence-electron chi connectivity index (χ4n) is 3.03. The summed E-state index contributed by atoms with van der Waals surface area (Å²) in [5.41, 5.74) is 7.77. The van der Waals surface area contributed by atoms with E-state index >= 15 is 0 Å². The van der Waals surface area contributed by atoms with Crippen molar-refractivity contribution in [2.45, 2.75) is 13.3 Å². The molecule has 0 saturated carbocycles. The third-order valence-corrected chi connectivity index (χ3v) is 4.53. The number of aryl methyl sites for hydroxylation is 1. The van der Waals surface area contributed by atoms with E-state index in [1.165, 1.54) is 5.56 Å². The minimum absolute atomic E-state index is 0.0402. The van der Waals surface area contributed by atoms with Crippen molar-refractivity contribution in [1.29, 1.82) is 0 Å². The minimum atomic E-state index is -0.488. The van der Waals surface area contributed by atoms with Gasteiger partial charge in [-0.1, -0.05) is 19.1 Å². The molecule has 130 valence electrons. The van der Waals surface area contributed by atoms with E-state index in [0.717, 1.165) is 6.42 Å². The first-order valence-electron chi connectivity index (χ1n) is 8.48. The van der Waals surface area contributed by atoms with Gasteiger partial charge in [0.2, 0.25) is 0 Å². The van der Waals surface area contributed by atoms with E-state index in [9.17, 15) is 9.59 Å². The Labute approximate surface area is 147 Å². The number of benzene rings is 1. The summed E-state index contributed by atoms with van der Waals surface area (Å²) in [6.45, 7) is 4.51. The molecule has 2 aromatic rings. The number of hydrogen-bond acceptors (Lipinski definition) is 4. The molecule has 1 fully saturated rings. The molecule has 3 rings (SSSR count). The van der Waals surface area contributed by atoms with Crippen LogP contribution in [0, 0.1) is 0 Å². The Morgan fingerprint density at radius 2 is 1.76 bits per heavy atom. The van der Waals surface area contributed by atoms with E-state index in [-0.39, 0.29) is 5.91 Å². The molecule has 6 heteroatoms. The first-order chi connectivity index (χ1) is 12.1. The summed E-state index contributed by atoms with van der Waals surface area (Å²) >= 11 is 0. The summed E-state index contributed by atoms with van der Waals surface area (Å²) in [6, 6.07) is 11.1. The molecule has 2 N–H and O–H groups in total. The van der Waals surface area contributed by atoms with Crippen LogP contribution in [-0.4, -0.2) is 47.9 Å². The molecule has 2 heterocycles. The molecular weight excluding hydrogens is 316 g/mol. The fraction of sp³-hybridized carbons (Fsp3) is 0.316. The fourth-order valence-corrected chi connectivity index (χ4v) is 3.03. The molecule has 0 atom stereocenters. The normalized spacial score (nSPS) is 14.4. The highest BCUT2D eigenvalue weighted by molar-refractivity contribution is 5.98. The quantitative estimate of drug-likeness (QED) is 0.920. The van der Waals surface area contributed by atoms with Crippen LogP contribution in [0.4, 0.5) is 5.82 Å². The number of hydrogen-bond donors (Lipinski definition) is 1. The van der Waals surface area contributed by atoms with Crippen molar-refractivity contribution < 1.29 is 9.59 Å². The lowest BCUT2D eigenvalue weighted by Gasteiger charge is -2.36. The Hall–Kier alpha value is -2.89. The molecule has 0 radical (unpaired) electrons. The summed E-state index contributed by atoms with van der Waals surface area (Å²) in [4.78, 5) is 32.3. The van der Waals surface area contributed by atoms with E-state index in [1.54, 1.807) is 18.3 Å². The van der Waals surface area contributed by atoms with E-state index in [2.05, 4.69) is 11.9 Å². The molecule has 0 bridgehead atoms. The lowest BCUT2D eigenvalue weighted by Crippen LogP contribution is -2.49. The maximum atomic E-state index is 12.6. The SMILES string of the molecule is CCc1ccc(C(=O)N2CCN(c3ncccc3C(N)=O)CC2)cc1. The second-order valence-electron chi connectivity index (χ2n) is 6.07. The van der Waals surface area contributed by atoms with Gasteiger partial charge in [0.15, 0.2) is 0 Å². The predicted octanol–water partition coefficient (Wildman–Crippen LogP) is 1.71. The monoisotopic (exact) mass is 338 g/mol. The highest BCUT2D eigenvalue weighted by Gasteiger charge is 2.24. The van der Waals surface area contributed by atoms with Gasteiger partial charge in [0.1, 0.15) is 5.82 Å². The molecule has 6 nitrogen and oxygen atoms in total. The number of piperazine rings is 1. The lowest BCUT2D eigenvalue weighted by molar-refractivity contribution is 0.0746. The number of anilines is 1. The van der Waals surface area contributed by atoms with Gasteiger partial charge >= 0.3 is 0 Å². The second-order valence-corrected chi connectivity index (χ2v) is 6.07. The number of pyridine rings is 1. The number of carbonyl (C=O) groups is 2. The molecule has 0 aliphatic carbocycles. The molecule has 0 spiro atoms. The van der Waals surface area contributed by atoms with Crippen LogP contribution in [-0.2, 0) is 6.42 Å². The standard InChI is InChI=1S/C19H22N4O2/c1-2-14-5-7-15(8-6-14)19(25)23-12-10-22(11-13-23)18-16(17(20)24)4-3-9-21-18/h3-9H,2,10-13H2,1H3,(H2,20,24). The molecular formula is C19H22N4O2. The van der Waals surface area contributed by atoms with Crippen LogP contribution in [0.5, 0.6) is 0 Å². The number of amides is 2. The van der Waals surface area contributed by atoms with Gasteiger partial charge in [0, 0.05) is 37.9 Å².